The average molecular weight is 272 g/mol. The third kappa shape index (κ3) is 2.00. The van der Waals surface area contributed by atoms with Crippen LogP contribution in [0, 0.1) is 6.92 Å². The van der Waals surface area contributed by atoms with Gasteiger partial charge in [-0.2, -0.15) is 0 Å². The normalized spacial score (nSPS) is 11.0. The van der Waals surface area contributed by atoms with E-state index in [-0.39, 0.29) is 5.56 Å². The molecule has 3 aromatic heterocycles. The van der Waals surface area contributed by atoms with E-state index in [2.05, 4.69) is 9.97 Å². The Morgan fingerprint density at radius 3 is 3.05 bits per heavy atom. The molecule has 0 spiro atoms. The molecule has 0 bridgehead atoms. The summed E-state index contributed by atoms with van der Waals surface area (Å²) in [7, 11) is 0. The van der Waals surface area contributed by atoms with Crippen molar-refractivity contribution in [1.29, 1.82) is 0 Å². The maximum Gasteiger partial charge on any atom is 0.271 e. The minimum Gasteiger partial charge on any atom is -0.383 e. The predicted molar refractivity (Wildman–Crippen MR) is 76.4 cm³/mol. The number of hydrogen-bond donors (Lipinski definition) is 1. The third-order valence-electron chi connectivity index (χ3n) is 2.99. The highest BCUT2D eigenvalue weighted by atomic mass is 32.1. The number of fused-ring (bicyclic) bond motifs is 1. The van der Waals surface area contributed by atoms with E-state index in [4.69, 9.17) is 5.73 Å². The minimum absolute atomic E-state index is 0.0358. The van der Waals surface area contributed by atoms with Crippen molar-refractivity contribution in [2.45, 2.75) is 13.5 Å². The first-order valence-corrected chi connectivity index (χ1v) is 6.67. The van der Waals surface area contributed by atoms with Gasteiger partial charge in [-0.15, -0.1) is 11.3 Å². The van der Waals surface area contributed by atoms with Crippen LogP contribution >= 0.6 is 11.3 Å². The predicted octanol–water partition coefficient (Wildman–Crippen LogP) is 1.79. The first-order chi connectivity index (χ1) is 9.16. The molecular formula is C13H12N4OS. The molecule has 3 heterocycles. The maximum atomic E-state index is 12.3. The lowest BCUT2D eigenvalue weighted by Gasteiger charge is -2.07. The van der Waals surface area contributed by atoms with Crippen molar-refractivity contribution in [1.82, 2.24) is 14.5 Å². The molecule has 0 saturated carbocycles. The van der Waals surface area contributed by atoms with E-state index in [9.17, 15) is 4.79 Å². The van der Waals surface area contributed by atoms with Crippen LogP contribution in [0.4, 0.5) is 5.82 Å². The molecule has 0 aliphatic heterocycles. The number of thiophene rings is 1. The summed E-state index contributed by atoms with van der Waals surface area (Å²) in [6, 6.07) is 3.66. The summed E-state index contributed by atoms with van der Waals surface area (Å²) in [5, 5.41) is 1.95. The van der Waals surface area contributed by atoms with Crippen molar-refractivity contribution in [3.05, 3.63) is 51.5 Å². The van der Waals surface area contributed by atoms with E-state index < -0.39 is 0 Å². The fourth-order valence-corrected chi connectivity index (χ4v) is 2.89. The zero-order valence-electron chi connectivity index (χ0n) is 10.3. The Kier molecular flexibility index (Phi) is 2.79. The van der Waals surface area contributed by atoms with Crippen LogP contribution in [0.25, 0.3) is 10.2 Å². The largest absolute Gasteiger partial charge is 0.383 e. The van der Waals surface area contributed by atoms with Crippen LogP contribution in [-0.4, -0.2) is 14.5 Å². The highest BCUT2D eigenvalue weighted by molar-refractivity contribution is 7.17. The van der Waals surface area contributed by atoms with Crippen LogP contribution in [0.2, 0.25) is 0 Å². The van der Waals surface area contributed by atoms with E-state index in [0.717, 1.165) is 16.6 Å². The lowest BCUT2D eigenvalue weighted by molar-refractivity contribution is 0.749. The van der Waals surface area contributed by atoms with Crippen LogP contribution in [-0.2, 0) is 6.54 Å². The van der Waals surface area contributed by atoms with Gasteiger partial charge < -0.3 is 5.73 Å². The van der Waals surface area contributed by atoms with Gasteiger partial charge in [-0.25, -0.2) is 9.97 Å². The topological polar surface area (TPSA) is 73.8 Å². The van der Waals surface area contributed by atoms with Gasteiger partial charge in [0.05, 0.1) is 18.4 Å². The van der Waals surface area contributed by atoms with Crippen molar-refractivity contribution in [3.8, 4) is 0 Å². The van der Waals surface area contributed by atoms with Crippen LogP contribution < -0.4 is 11.3 Å². The van der Waals surface area contributed by atoms with Crippen molar-refractivity contribution >= 4 is 27.4 Å². The molecule has 96 valence electrons. The second-order valence-electron chi connectivity index (χ2n) is 4.32. The Bertz CT molecular complexity index is 806. The van der Waals surface area contributed by atoms with Gasteiger partial charge in [-0.05, 0) is 23.9 Å². The van der Waals surface area contributed by atoms with Gasteiger partial charge in [0.25, 0.3) is 5.56 Å². The standard InChI is InChI=1S/C13H12N4OS/c1-8-6-19-11-10(8)16-7-17(13(11)18)5-9-3-2-4-15-12(9)14/h2-4,6-7H,5H2,1H3,(H2,14,15). The highest BCUT2D eigenvalue weighted by Crippen LogP contribution is 2.19. The van der Waals surface area contributed by atoms with Crippen LogP contribution in [0.5, 0.6) is 0 Å². The average Bonchev–Trinajstić information content (AvgIpc) is 2.78. The van der Waals surface area contributed by atoms with Crippen molar-refractivity contribution in [3.63, 3.8) is 0 Å². The molecule has 0 aliphatic rings. The fourth-order valence-electron chi connectivity index (χ4n) is 1.94. The second-order valence-corrected chi connectivity index (χ2v) is 5.20. The van der Waals surface area contributed by atoms with Gasteiger partial charge in [0.2, 0.25) is 0 Å². The molecule has 19 heavy (non-hydrogen) atoms. The molecule has 0 aromatic carbocycles. The number of nitrogens with zero attached hydrogens (tertiary/aromatic N) is 3. The van der Waals surface area contributed by atoms with Gasteiger partial charge in [-0.3, -0.25) is 9.36 Å². The van der Waals surface area contributed by atoms with Gasteiger partial charge in [0, 0.05) is 11.8 Å². The molecule has 0 fully saturated rings. The van der Waals surface area contributed by atoms with Crippen molar-refractivity contribution < 1.29 is 0 Å². The minimum atomic E-state index is -0.0358. The lowest BCUT2D eigenvalue weighted by Crippen LogP contribution is -2.21. The van der Waals surface area contributed by atoms with E-state index >= 15 is 0 Å². The Hall–Kier alpha value is -2.21. The van der Waals surface area contributed by atoms with Gasteiger partial charge in [-0.1, -0.05) is 6.07 Å². The van der Waals surface area contributed by atoms with Gasteiger partial charge in [0.15, 0.2) is 0 Å². The monoisotopic (exact) mass is 272 g/mol. The molecule has 0 unspecified atom stereocenters. The molecule has 0 atom stereocenters. The van der Waals surface area contributed by atoms with Crippen LogP contribution in [0.15, 0.2) is 34.8 Å². The summed E-state index contributed by atoms with van der Waals surface area (Å²) >= 11 is 1.43. The third-order valence-corrected chi connectivity index (χ3v) is 4.07. The van der Waals surface area contributed by atoms with E-state index in [1.807, 2.05) is 18.4 Å². The molecule has 0 saturated heterocycles. The number of nitrogen functional groups attached to an aromatic ring is 1. The number of hydrogen-bond acceptors (Lipinski definition) is 5. The molecular weight excluding hydrogens is 260 g/mol. The Balaban J connectivity index is 2.09. The Morgan fingerprint density at radius 1 is 1.42 bits per heavy atom. The number of aryl methyl sites for hydroxylation is 1. The highest BCUT2D eigenvalue weighted by Gasteiger charge is 2.09. The fraction of sp³-hybridized carbons (Fsp3) is 0.154. The lowest BCUT2D eigenvalue weighted by atomic mass is 10.2. The van der Waals surface area contributed by atoms with Crippen LogP contribution in [0.3, 0.4) is 0 Å². The second kappa shape index (κ2) is 4.47. The number of rotatable bonds is 2. The zero-order valence-corrected chi connectivity index (χ0v) is 11.1. The summed E-state index contributed by atoms with van der Waals surface area (Å²) in [4.78, 5) is 20.7. The molecule has 0 aliphatic carbocycles. The number of aromatic nitrogens is 3. The molecule has 6 heteroatoms. The summed E-state index contributed by atoms with van der Waals surface area (Å²) in [5.41, 5.74) is 8.39. The van der Waals surface area contributed by atoms with E-state index in [1.165, 1.54) is 11.3 Å². The van der Waals surface area contributed by atoms with Gasteiger partial charge in [0.1, 0.15) is 10.5 Å². The van der Waals surface area contributed by atoms with Crippen LogP contribution in [0.1, 0.15) is 11.1 Å². The smallest absolute Gasteiger partial charge is 0.271 e. The number of nitrogens with two attached hydrogens (primary N) is 1. The quantitative estimate of drug-likeness (QED) is 0.772. The first kappa shape index (κ1) is 11.9. The van der Waals surface area contributed by atoms with Crippen molar-refractivity contribution in [2.24, 2.45) is 0 Å². The first-order valence-electron chi connectivity index (χ1n) is 5.79. The summed E-state index contributed by atoms with van der Waals surface area (Å²) in [6.07, 6.45) is 3.20. The number of pyridine rings is 1. The maximum absolute atomic E-state index is 12.3. The van der Waals surface area contributed by atoms with Crippen molar-refractivity contribution in [2.75, 3.05) is 5.73 Å². The summed E-state index contributed by atoms with van der Waals surface area (Å²) in [5.74, 6) is 0.442. The molecule has 2 N–H and O–H groups in total. The SMILES string of the molecule is Cc1csc2c(=O)n(Cc3cccnc3N)cnc12. The zero-order chi connectivity index (χ0) is 13.4. The molecule has 5 nitrogen and oxygen atoms in total. The Labute approximate surface area is 113 Å². The number of anilines is 1. The van der Waals surface area contributed by atoms with E-state index in [1.54, 1.807) is 23.2 Å². The molecule has 3 rings (SSSR count). The summed E-state index contributed by atoms with van der Waals surface area (Å²) in [6.45, 7) is 2.34. The van der Waals surface area contributed by atoms with E-state index in [0.29, 0.717) is 17.1 Å². The molecule has 0 radical (unpaired) electrons. The summed E-state index contributed by atoms with van der Waals surface area (Å²) < 4.78 is 2.24. The Morgan fingerprint density at radius 2 is 2.26 bits per heavy atom. The van der Waals surface area contributed by atoms with Gasteiger partial charge >= 0.3 is 0 Å². The molecule has 3 aromatic rings. The molecule has 0 amide bonds.